The largest absolute Gasteiger partial charge is 0.497 e. The van der Waals surface area contributed by atoms with Gasteiger partial charge in [0.15, 0.2) is 0 Å². The summed E-state index contributed by atoms with van der Waals surface area (Å²) in [4.78, 5) is 29.0. The van der Waals surface area contributed by atoms with Crippen LogP contribution >= 0.6 is 0 Å². The van der Waals surface area contributed by atoms with Crippen molar-refractivity contribution in [1.82, 2.24) is 14.8 Å². The topological polar surface area (TPSA) is 72.8 Å². The van der Waals surface area contributed by atoms with Crippen molar-refractivity contribution >= 4 is 16.7 Å². The molecule has 1 amide bonds. The quantitative estimate of drug-likeness (QED) is 0.448. The molecule has 1 N–H and O–H groups in total. The van der Waals surface area contributed by atoms with Crippen LogP contribution in [-0.2, 0) is 11.3 Å². The van der Waals surface area contributed by atoms with Gasteiger partial charge in [-0.05, 0) is 88.8 Å². The lowest BCUT2D eigenvalue weighted by molar-refractivity contribution is -0.123. The van der Waals surface area contributed by atoms with E-state index in [0.717, 1.165) is 23.9 Å². The molecule has 4 rings (SSSR count). The molecule has 2 heterocycles. The van der Waals surface area contributed by atoms with E-state index in [1.807, 2.05) is 63.2 Å². The van der Waals surface area contributed by atoms with Gasteiger partial charge in [-0.2, -0.15) is 0 Å². The van der Waals surface area contributed by atoms with Crippen LogP contribution in [-0.4, -0.2) is 54.3 Å². The number of amides is 1. The van der Waals surface area contributed by atoms with Crippen LogP contribution in [0.2, 0.25) is 0 Å². The smallest absolute Gasteiger partial charge is 0.259 e. The third-order valence-corrected chi connectivity index (χ3v) is 6.35. The third-order valence-electron chi connectivity index (χ3n) is 6.35. The van der Waals surface area contributed by atoms with Crippen LogP contribution in [0, 0.1) is 0 Å². The number of benzene rings is 2. The van der Waals surface area contributed by atoms with Crippen molar-refractivity contribution in [3.8, 4) is 22.8 Å². The summed E-state index contributed by atoms with van der Waals surface area (Å²) in [5.74, 6) is 1.13. The molecular formula is C29H37N3O4. The molecule has 1 fully saturated rings. The number of hydrogen-bond donors (Lipinski definition) is 1. The first-order valence-corrected chi connectivity index (χ1v) is 12.7. The Balaban J connectivity index is 1.65. The zero-order chi connectivity index (χ0) is 25.7. The van der Waals surface area contributed by atoms with Gasteiger partial charge in [-0.3, -0.25) is 14.2 Å². The van der Waals surface area contributed by atoms with Crippen molar-refractivity contribution in [2.75, 3.05) is 33.4 Å². The number of hydrogen-bond acceptors (Lipinski definition) is 5. The van der Waals surface area contributed by atoms with Gasteiger partial charge >= 0.3 is 0 Å². The highest BCUT2D eigenvalue weighted by atomic mass is 16.5. The molecular weight excluding hydrogens is 454 g/mol. The number of nitrogens with one attached hydrogen (secondary N) is 1. The Kier molecular flexibility index (Phi) is 7.99. The summed E-state index contributed by atoms with van der Waals surface area (Å²) in [5.41, 5.74) is 0.842. The Hall–Kier alpha value is -3.32. The van der Waals surface area contributed by atoms with Crippen molar-refractivity contribution in [3.63, 3.8) is 0 Å². The van der Waals surface area contributed by atoms with E-state index in [1.165, 1.54) is 30.5 Å². The first-order chi connectivity index (χ1) is 17.2. The van der Waals surface area contributed by atoms with E-state index in [1.54, 1.807) is 13.2 Å². The van der Waals surface area contributed by atoms with E-state index in [-0.39, 0.29) is 18.0 Å². The van der Waals surface area contributed by atoms with E-state index in [9.17, 15) is 9.59 Å². The van der Waals surface area contributed by atoms with Crippen LogP contribution in [0.15, 0.2) is 53.3 Å². The van der Waals surface area contributed by atoms with Crippen LogP contribution in [0.1, 0.15) is 40.0 Å². The fourth-order valence-corrected chi connectivity index (χ4v) is 4.68. The molecule has 0 saturated carbocycles. The normalized spacial score (nSPS) is 14.2. The van der Waals surface area contributed by atoms with Crippen molar-refractivity contribution in [3.05, 3.63) is 58.9 Å². The summed E-state index contributed by atoms with van der Waals surface area (Å²) in [6.45, 7) is 9.67. The van der Waals surface area contributed by atoms with Gasteiger partial charge in [-0.1, -0.05) is 18.2 Å². The summed E-state index contributed by atoms with van der Waals surface area (Å²) in [5, 5.41) is 4.29. The lowest BCUT2D eigenvalue weighted by atomic mass is 10.1. The molecule has 2 aromatic carbocycles. The Morgan fingerprint density at radius 1 is 1.03 bits per heavy atom. The van der Waals surface area contributed by atoms with Crippen molar-refractivity contribution in [2.24, 2.45) is 0 Å². The average Bonchev–Trinajstić information content (AvgIpc) is 3.36. The second-order valence-electron chi connectivity index (χ2n) is 10.5. The predicted molar refractivity (Wildman–Crippen MR) is 144 cm³/mol. The molecule has 0 unspecified atom stereocenters. The molecule has 7 heteroatoms. The van der Waals surface area contributed by atoms with Crippen molar-refractivity contribution < 1.29 is 14.3 Å². The molecule has 0 atom stereocenters. The third kappa shape index (κ3) is 6.46. The van der Waals surface area contributed by atoms with Crippen LogP contribution < -0.4 is 20.3 Å². The maximum absolute atomic E-state index is 13.7. The van der Waals surface area contributed by atoms with Gasteiger partial charge in [0.1, 0.15) is 18.0 Å². The van der Waals surface area contributed by atoms with Crippen LogP contribution in [0.5, 0.6) is 11.5 Å². The molecule has 0 radical (unpaired) electrons. The summed E-state index contributed by atoms with van der Waals surface area (Å²) in [6.07, 6.45) is 3.51. The highest BCUT2D eigenvalue weighted by molar-refractivity contribution is 5.87. The van der Waals surface area contributed by atoms with E-state index < -0.39 is 5.54 Å². The number of pyridine rings is 1. The molecule has 0 spiro atoms. The lowest BCUT2D eigenvalue weighted by Gasteiger charge is -2.22. The van der Waals surface area contributed by atoms with E-state index >= 15 is 0 Å². The maximum atomic E-state index is 13.7. The minimum absolute atomic E-state index is 0.0838. The number of rotatable bonds is 9. The van der Waals surface area contributed by atoms with Gasteiger partial charge in [-0.25, -0.2) is 0 Å². The summed E-state index contributed by atoms with van der Waals surface area (Å²) in [6, 6.07) is 15.1. The van der Waals surface area contributed by atoms with E-state index in [2.05, 4.69) is 10.2 Å². The SMILES string of the molecule is COc1cccc(-c2cc3ccc(OCCCN4CCCC4)cc3c(=O)n2CC(=O)NC(C)(C)C)c1. The predicted octanol–water partition coefficient (Wildman–Crippen LogP) is 4.46. The first-order valence-electron chi connectivity index (χ1n) is 12.7. The molecule has 3 aromatic rings. The first kappa shape index (κ1) is 25.8. The zero-order valence-electron chi connectivity index (χ0n) is 21.8. The Morgan fingerprint density at radius 2 is 1.81 bits per heavy atom. The average molecular weight is 492 g/mol. The monoisotopic (exact) mass is 491 g/mol. The van der Waals surface area contributed by atoms with Crippen LogP contribution in [0.3, 0.4) is 0 Å². The highest BCUT2D eigenvalue weighted by Crippen LogP contribution is 2.27. The summed E-state index contributed by atoms with van der Waals surface area (Å²) >= 11 is 0. The number of methoxy groups -OCH3 is 1. The number of likely N-dealkylation sites (tertiary alicyclic amines) is 1. The number of fused-ring (bicyclic) bond motifs is 1. The molecule has 1 aliphatic heterocycles. The number of nitrogens with zero attached hydrogens (tertiary/aromatic N) is 2. The molecule has 1 aliphatic rings. The molecule has 192 valence electrons. The Labute approximate surface area is 213 Å². The molecule has 7 nitrogen and oxygen atoms in total. The standard InChI is InChI=1S/C29H37N3O4/c1-29(2,3)30-27(33)20-32-26(22-9-7-10-23(17-22)35-4)18-21-11-12-24(19-25(21)28(32)34)36-16-8-15-31-13-5-6-14-31/h7,9-12,17-19H,5-6,8,13-16,20H2,1-4H3,(H,30,33). The van der Waals surface area contributed by atoms with Gasteiger partial charge in [0.05, 0.1) is 24.8 Å². The minimum atomic E-state index is -0.399. The van der Waals surface area contributed by atoms with Gasteiger partial charge in [-0.15, -0.1) is 0 Å². The second kappa shape index (κ2) is 11.2. The summed E-state index contributed by atoms with van der Waals surface area (Å²) in [7, 11) is 1.61. The molecule has 36 heavy (non-hydrogen) atoms. The van der Waals surface area contributed by atoms with Gasteiger partial charge < -0.3 is 19.7 Å². The molecule has 1 aromatic heterocycles. The lowest BCUT2D eigenvalue weighted by Crippen LogP contribution is -2.43. The van der Waals surface area contributed by atoms with E-state index in [4.69, 9.17) is 9.47 Å². The van der Waals surface area contributed by atoms with Crippen LogP contribution in [0.25, 0.3) is 22.0 Å². The molecule has 0 aliphatic carbocycles. The van der Waals surface area contributed by atoms with Crippen LogP contribution in [0.4, 0.5) is 0 Å². The fourth-order valence-electron chi connectivity index (χ4n) is 4.68. The second-order valence-corrected chi connectivity index (χ2v) is 10.5. The number of carbonyl (C=O) groups is 1. The van der Waals surface area contributed by atoms with Crippen molar-refractivity contribution in [1.29, 1.82) is 0 Å². The number of carbonyl (C=O) groups excluding carboxylic acids is 1. The Bertz CT molecular complexity index is 1270. The highest BCUT2D eigenvalue weighted by Gasteiger charge is 2.19. The van der Waals surface area contributed by atoms with Crippen molar-refractivity contribution in [2.45, 2.75) is 52.1 Å². The van der Waals surface area contributed by atoms with Gasteiger partial charge in [0.25, 0.3) is 5.56 Å². The molecule has 1 saturated heterocycles. The minimum Gasteiger partial charge on any atom is -0.497 e. The van der Waals surface area contributed by atoms with Gasteiger partial charge in [0.2, 0.25) is 5.91 Å². The molecule has 0 bridgehead atoms. The fraction of sp³-hybridized carbons (Fsp3) is 0.448. The maximum Gasteiger partial charge on any atom is 0.259 e. The summed E-state index contributed by atoms with van der Waals surface area (Å²) < 4.78 is 12.9. The Morgan fingerprint density at radius 3 is 2.53 bits per heavy atom. The zero-order valence-corrected chi connectivity index (χ0v) is 21.8. The number of ether oxygens (including phenoxy) is 2. The van der Waals surface area contributed by atoms with E-state index in [0.29, 0.717) is 29.2 Å². The number of aromatic nitrogens is 1. The van der Waals surface area contributed by atoms with Gasteiger partial charge in [0, 0.05) is 17.6 Å².